The highest BCUT2D eigenvalue weighted by molar-refractivity contribution is 7.03. The lowest BCUT2D eigenvalue weighted by molar-refractivity contribution is -0.138. The van der Waals surface area contributed by atoms with E-state index in [0.717, 1.165) is 11.5 Å². The first-order valence-corrected chi connectivity index (χ1v) is 3.92. The molecule has 7 heteroatoms. The summed E-state index contributed by atoms with van der Waals surface area (Å²) in [5.41, 5.74) is 5.40. The molecule has 1 rings (SSSR count). The van der Waals surface area contributed by atoms with Crippen LogP contribution in [0.5, 0.6) is 0 Å². The van der Waals surface area contributed by atoms with Gasteiger partial charge in [-0.25, -0.2) is 0 Å². The predicted octanol–water partition coefficient (Wildman–Crippen LogP) is 1.49. The van der Waals surface area contributed by atoms with Gasteiger partial charge in [-0.1, -0.05) is 4.49 Å². The van der Waals surface area contributed by atoms with Gasteiger partial charge in [-0.05, 0) is 11.5 Å². The Bertz CT molecular complexity index is 233. The quantitative estimate of drug-likeness (QED) is 0.781. The van der Waals surface area contributed by atoms with Crippen molar-refractivity contribution in [1.29, 1.82) is 0 Å². The molecule has 0 aliphatic heterocycles. The Morgan fingerprint density at radius 3 is 2.67 bits per heavy atom. The first-order chi connectivity index (χ1) is 5.49. The highest BCUT2D eigenvalue weighted by Gasteiger charge is 2.31. The van der Waals surface area contributed by atoms with Crippen molar-refractivity contribution in [2.75, 3.05) is 0 Å². The van der Waals surface area contributed by atoms with Crippen LogP contribution in [-0.4, -0.2) is 15.8 Å². The maximum absolute atomic E-state index is 11.8. The molecule has 0 aliphatic carbocycles. The molecule has 2 N–H and O–H groups in total. The smallest absolute Gasteiger partial charge is 0.322 e. The van der Waals surface area contributed by atoms with E-state index in [2.05, 4.69) is 9.59 Å². The number of hydrogen-bond donors (Lipinski definition) is 1. The van der Waals surface area contributed by atoms with Gasteiger partial charge in [0.25, 0.3) is 0 Å². The van der Waals surface area contributed by atoms with Crippen LogP contribution in [0.15, 0.2) is 5.38 Å². The molecule has 3 nitrogen and oxygen atoms in total. The average Bonchev–Trinajstić information content (AvgIpc) is 2.32. The van der Waals surface area contributed by atoms with Crippen molar-refractivity contribution in [1.82, 2.24) is 9.59 Å². The van der Waals surface area contributed by atoms with E-state index in [4.69, 9.17) is 5.73 Å². The van der Waals surface area contributed by atoms with E-state index in [1.54, 1.807) is 0 Å². The zero-order valence-electron chi connectivity index (χ0n) is 5.88. The standard InChI is InChI=1S/C5H6F3N3S/c6-5(7,8)1-3(9)4-2-12-11-10-4/h2-3H,1,9H2. The summed E-state index contributed by atoms with van der Waals surface area (Å²) in [4.78, 5) is 0. The third-order valence-corrected chi connectivity index (χ3v) is 1.73. The van der Waals surface area contributed by atoms with E-state index >= 15 is 0 Å². The van der Waals surface area contributed by atoms with E-state index in [1.165, 1.54) is 5.38 Å². The first-order valence-electron chi connectivity index (χ1n) is 3.08. The van der Waals surface area contributed by atoms with Crippen LogP contribution in [0.3, 0.4) is 0 Å². The van der Waals surface area contributed by atoms with Crippen molar-refractivity contribution in [2.24, 2.45) is 5.73 Å². The molecule has 0 radical (unpaired) electrons. The minimum absolute atomic E-state index is 0.192. The van der Waals surface area contributed by atoms with Gasteiger partial charge in [-0.15, -0.1) is 5.10 Å². The molecule has 1 aromatic rings. The van der Waals surface area contributed by atoms with Crippen molar-refractivity contribution < 1.29 is 13.2 Å². The van der Waals surface area contributed by atoms with Gasteiger partial charge in [0, 0.05) is 5.38 Å². The Hall–Kier alpha value is -0.690. The topological polar surface area (TPSA) is 51.8 Å². The highest BCUT2D eigenvalue weighted by Crippen LogP contribution is 2.26. The molecule has 12 heavy (non-hydrogen) atoms. The molecule has 1 unspecified atom stereocenters. The van der Waals surface area contributed by atoms with Gasteiger partial charge in [0.1, 0.15) is 0 Å². The van der Waals surface area contributed by atoms with E-state index < -0.39 is 18.6 Å². The molecule has 0 amide bonds. The summed E-state index contributed by atoms with van der Waals surface area (Å²) in [6, 6.07) is -1.09. The Kier molecular flexibility index (Phi) is 2.63. The van der Waals surface area contributed by atoms with Crippen LogP contribution in [0.2, 0.25) is 0 Å². The Morgan fingerprint density at radius 1 is 1.58 bits per heavy atom. The largest absolute Gasteiger partial charge is 0.390 e. The van der Waals surface area contributed by atoms with E-state index in [0.29, 0.717) is 0 Å². The number of aromatic nitrogens is 2. The van der Waals surface area contributed by atoms with Crippen molar-refractivity contribution >= 4 is 11.5 Å². The zero-order valence-corrected chi connectivity index (χ0v) is 6.69. The molecular formula is C5H6F3N3S. The lowest BCUT2D eigenvalue weighted by Gasteiger charge is -2.10. The van der Waals surface area contributed by atoms with Crippen LogP contribution in [-0.2, 0) is 0 Å². The van der Waals surface area contributed by atoms with Crippen LogP contribution < -0.4 is 5.73 Å². The lowest BCUT2D eigenvalue weighted by Crippen LogP contribution is -2.20. The molecule has 0 saturated heterocycles. The Morgan fingerprint density at radius 2 is 2.25 bits per heavy atom. The molecule has 0 saturated carbocycles. The minimum Gasteiger partial charge on any atom is -0.322 e. The normalized spacial score (nSPS) is 14.7. The maximum atomic E-state index is 11.8. The summed E-state index contributed by atoms with van der Waals surface area (Å²) in [6.45, 7) is 0. The van der Waals surface area contributed by atoms with Crippen LogP contribution in [0.1, 0.15) is 18.2 Å². The Balaban J connectivity index is 2.56. The summed E-state index contributed by atoms with van der Waals surface area (Å²) in [5, 5.41) is 4.86. The fraction of sp³-hybridized carbons (Fsp3) is 0.600. The number of halogens is 3. The summed E-state index contributed by atoms with van der Waals surface area (Å²) < 4.78 is 38.7. The summed E-state index contributed by atoms with van der Waals surface area (Å²) >= 11 is 0.985. The van der Waals surface area contributed by atoms with Gasteiger partial charge in [0.05, 0.1) is 18.2 Å². The monoisotopic (exact) mass is 197 g/mol. The number of alkyl halides is 3. The average molecular weight is 197 g/mol. The molecule has 1 atom stereocenters. The van der Waals surface area contributed by atoms with E-state index in [1.807, 2.05) is 0 Å². The summed E-state index contributed by atoms with van der Waals surface area (Å²) in [5.74, 6) is 0. The minimum atomic E-state index is -4.25. The van der Waals surface area contributed by atoms with Gasteiger partial charge < -0.3 is 5.73 Å². The van der Waals surface area contributed by atoms with E-state index in [-0.39, 0.29) is 5.69 Å². The van der Waals surface area contributed by atoms with Crippen molar-refractivity contribution in [3.8, 4) is 0 Å². The van der Waals surface area contributed by atoms with Crippen LogP contribution >= 0.6 is 11.5 Å². The van der Waals surface area contributed by atoms with Gasteiger partial charge in [-0.2, -0.15) is 13.2 Å². The molecule has 0 aromatic carbocycles. The fourth-order valence-corrected chi connectivity index (χ4v) is 1.21. The second-order valence-corrected chi connectivity index (χ2v) is 2.87. The van der Waals surface area contributed by atoms with E-state index in [9.17, 15) is 13.2 Å². The fourth-order valence-electron chi connectivity index (χ4n) is 0.687. The number of nitrogens with zero attached hydrogens (tertiary/aromatic N) is 2. The molecule has 0 spiro atoms. The molecular weight excluding hydrogens is 191 g/mol. The Labute approximate surface area is 70.6 Å². The van der Waals surface area contributed by atoms with Crippen molar-refractivity contribution in [3.63, 3.8) is 0 Å². The first kappa shape index (κ1) is 9.40. The second kappa shape index (κ2) is 3.36. The third-order valence-electron chi connectivity index (χ3n) is 1.21. The third kappa shape index (κ3) is 2.74. The number of nitrogens with two attached hydrogens (primary N) is 1. The molecule has 0 fully saturated rings. The maximum Gasteiger partial charge on any atom is 0.390 e. The second-order valence-electron chi connectivity index (χ2n) is 2.26. The van der Waals surface area contributed by atoms with Gasteiger partial charge in [0.2, 0.25) is 0 Å². The number of rotatable bonds is 2. The van der Waals surface area contributed by atoms with Crippen LogP contribution in [0.25, 0.3) is 0 Å². The molecule has 1 aromatic heterocycles. The molecule has 68 valence electrons. The molecule has 0 bridgehead atoms. The van der Waals surface area contributed by atoms with Crippen molar-refractivity contribution in [2.45, 2.75) is 18.6 Å². The molecule has 0 aliphatic rings. The molecule has 1 heterocycles. The van der Waals surface area contributed by atoms with Gasteiger partial charge in [-0.3, -0.25) is 0 Å². The SMILES string of the molecule is NC(CC(F)(F)F)c1csnn1. The zero-order chi connectivity index (χ0) is 9.19. The van der Waals surface area contributed by atoms with Crippen molar-refractivity contribution in [3.05, 3.63) is 11.1 Å². The lowest BCUT2D eigenvalue weighted by atomic mass is 10.2. The highest BCUT2D eigenvalue weighted by atomic mass is 32.1. The van der Waals surface area contributed by atoms with Crippen LogP contribution in [0, 0.1) is 0 Å². The van der Waals surface area contributed by atoms with Crippen LogP contribution in [0.4, 0.5) is 13.2 Å². The summed E-state index contributed by atoms with van der Waals surface area (Å²) in [7, 11) is 0. The summed E-state index contributed by atoms with van der Waals surface area (Å²) in [6.07, 6.45) is -5.30. The number of hydrogen-bond acceptors (Lipinski definition) is 4. The predicted molar refractivity (Wildman–Crippen MR) is 37.5 cm³/mol. The van der Waals surface area contributed by atoms with Gasteiger partial charge >= 0.3 is 6.18 Å². The van der Waals surface area contributed by atoms with Gasteiger partial charge in [0.15, 0.2) is 0 Å².